The molecule has 1 N–H and O–H groups in total. The molecule has 0 aliphatic heterocycles. The highest BCUT2D eigenvalue weighted by Crippen LogP contribution is 2.23. The maximum atomic E-state index is 5.47. The number of fused-ring (bicyclic) bond motifs is 1. The van der Waals surface area contributed by atoms with Gasteiger partial charge in [0, 0.05) is 25.2 Å². The Hall–Kier alpha value is -1.33. The van der Waals surface area contributed by atoms with Crippen LogP contribution in [0.1, 0.15) is 25.7 Å². The largest absolute Gasteiger partial charge is 0.497 e. The number of aromatic nitrogens is 2. The van der Waals surface area contributed by atoms with Crippen molar-refractivity contribution in [2.75, 3.05) is 20.7 Å². The van der Waals surface area contributed by atoms with E-state index in [1.807, 2.05) is 12.1 Å². The predicted molar refractivity (Wildman–Crippen MR) is 88.6 cm³/mol. The van der Waals surface area contributed by atoms with E-state index in [1.54, 1.807) is 7.11 Å². The molecule has 0 spiro atoms. The zero-order valence-corrected chi connectivity index (χ0v) is 13.6. The number of nitrogens with one attached hydrogen (secondary N) is 1. The molecule has 1 aromatic heterocycles. The van der Waals surface area contributed by atoms with E-state index in [0.29, 0.717) is 0 Å². The van der Waals surface area contributed by atoms with E-state index in [1.165, 1.54) is 25.7 Å². The molecule has 21 heavy (non-hydrogen) atoms. The van der Waals surface area contributed by atoms with Gasteiger partial charge in [-0.05, 0) is 44.2 Å². The van der Waals surface area contributed by atoms with E-state index in [9.17, 15) is 0 Å². The number of imidazole rings is 1. The maximum Gasteiger partial charge on any atom is 0.178 e. The molecule has 5 heteroatoms. The molecule has 0 bridgehead atoms. The lowest BCUT2D eigenvalue weighted by Crippen LogP contribution is -2.32. The van der Waals surface area contributed by atoms with E-state index < -0.39 is 0 Å². The van der Waals surface area contributed by atoms with Crippen LogP contribution in [0, 0.1) is 4.77 Å². The van der Waals surface area contributed by atoms with Gasteiger partial charge in [0.1, 0.15) is 5.75 Å². The number of aromatic amines is 1. The van der Waals surface area contributed by atoms with E-state index >= 15 is 0 Å². The van der Waals surface area contributed by atoms with Crippen molar-refractivity contribution in [3.63, 3.8) is 0 Å². The zero-order chi connectivity index (χ0) is 14.8. The Morgan fingerprint density at radius 2 is 2.14 bits per heavy atom. The molecule has 1 aromatic carbocycles. The summed E-state index contributed by atoms with van der Waals surface area (Å²) < 4.78 is 8.25. The summed E-state index contributed by atoms with van der Waals surface area (Å²) in [6.45, 7) is 1.97. The molecule has 0 amide bonds. The molecule has 3 rings (SSSR count). The summed E-state index contributed by atoms with van der Waals surface area (Å²) >= 11 is 5.47. The molecule has 1 aliphatic carbocycles. The lowest BCUT2D eigenvalue weighted by molar-refractivity contribution is 0.237. The lowest BCUT2D eigenvalue weighted by atomic mass is 10.2. The van der Waals surface area contributed by atoms with Crippen molar-refractivity contribution in [1.29, 1.82) is 0 Å². The van der Waals surface area contributed by atoms with Gasteiger partial charge < -0.3 is 19.2 Å². The van der Waals surface area contributed by atoms with Gasteiger partial charge in [0.15, 0.2) is 4.77 Å². The summed E-state index contributed by atoms with van der Waals surface area (Å²) in [6.07, 6.45) is 5.43. The Labute approximate surface area is 130 Å². The molecular weight excluding hydrogens is 282 g/mol. The third kappa shape index (κ3) is 2.99. The van der Waals surface area contributed by atoms with Crippen LogP contribution in [0.2, 0.25) is 0 Å². The highest BCUT2D eigenvalue weighted by Gasteiger charge is 2.19. The van der Waals surface area contributed by atoms with Crippen molar-refractivity contribution >= 4 is 23.3 Å². The Morgan fingerprint density at radius 3 is 2.86 bits per heavy atom. The van der Waals surface area contributed by atoms with Crippen LogP contribution in [0.4, 0.5) is 0 Å². The van der Waals surface area contributed by atoms with Gasteiger partial charge in [0.25, 0.3) is 0 Å². The average molecular weight is 305 g/mol. The van der Waals surface area contributed by atoms with Crippen LogP contribution in [0.25, 0.3) is 11.0 Å². The number of hydrogen-bond acceptors (Lipinski definition) is 3. The molecule has 0 atom stereocenters. The average Bonchev–Trinajstić information content (AvgIpc) is 3.11. The summed E-state index contributed by atoms with van der Waals surface area (Å²) in [4.78, 5) is 5.76. The van der Waals surface area contributed by atoms with Crippen LogP contribution >= 0.6 is 12.2 Å². The van der Waals surface area contributed by atoms with Gasteiger partial charge in [-0.15, -0.1) is 0 Å². The number of H-pyrrole nitrogens is 1. The van der Waals surface area contributed by atoms with Crippen LogP contribution in [-0.2, 0) is 6.54 Å². The Kier molecular flexibility index (Phi) is 4.31. The first-order valence-corrected chi connectivity index (χ1v) is 8.06. The van der Waals surface area contributed by atoms with Crippen molar-refractivity contribution < 1.29 is 4.74 Å². The molecule has 2 aromatic rings. The summed E-state index contributed by atoms with van der Waals surface area (Å²) in [5, 5.41) is 0. The quantitative estimate of drug-likeness (QED) is 0.857. The third-order valence-electron chi connectivity index (χ3n) is 4.61. The van der Waals surface area contributed by atoms with Crippen LogP contribution in [0.15, 0.2) is 18.2 Å². The Morgan fingerprint density at radius 1 is 1.38 bits per heavy atom. The number of likely N-dealkylation sites (N-methyl/N-ethyl adjacent to an activating group) is 1. The van der Waals surface area contributed by atoms with Crippen molar-refractivity contribution in [3.8, 4) is 5.75 Å². The normalized spacial score (nSPS) is 16.1. The van der Waals surface area contributed by atoms with E-state index in [4.69, 9.17) is 17.0 Å². The summed E-state index contributed by atoms with van der Waals surface area (Å²) in [5.74, 6) is 0.856. The first-order chi connectivity index (χ1) is 10.2. The number of benzene rings is 1. The Balaban J connectivity index is 1.77. The first-order valence-electron chi connectivity index (χ1n) is 7.66. The second kappa shape index (κ2) is 6.20. The van der Waals surface area contributed by atoms with E-state index in [0.717, 1.165) is 40.7 Å². The van der Waals surface area contributed by atoms with Crippen LogP contribution < -0.4 is 4.74 Å². The van der Waals surface area contributed by atoms with Gasteiger partial charge in [-0.3, -0.25) is 0 Å². The molecule has 0 saturated heterocycles. The number of ether oxygens (including phenoxy) is 1. The van der Waals surface area contributed by atoms with Gasteiger partial charge in [0.2, 0.25) is 0 Å². The fourth-order valence-corrected chi connectivity index (χ4v) is 3.58. The van der Waals surface area contributed by atoms with Crippen molar-refractivity contribution in [3.05, 3.63) is 23.0 Å². The maximum absolute atomic E-state index is 5.47. The molecule has 1 saturated carbocycles. The van der Waals surface area contributed by atoms with E-state index in [2.05, 4.69) is 27.6 Å². The third-order valence-corrected chi connectivity index (χ3v) is 4.93. The number of hydrogen-bond donors (Lipinski definition) is 1. The SMILES string of the molecule is COc1ccc2c(c1)[nH]c(=S)n2CCN(C)C1CCCC1. The fourth-order valence-electron chi connectivity index (χ4n) is 3.28. The monoisotopic (exact) mass is 305 g/mol. The molecule has 0 radical (unpaired) electrons. The molecule has 114 valence electrons. The number of methoxy groups -OCH3 is 1. The minimum atomic E-state index is 0.754. The highest BCUT2D eigenvalue weighted by molar-refractivity contribution is 7.71. The minimum Gasteiger partial charge on any atom is -0.497 e. The lowest BCUT2D eigenvalue weighted by Gasteiger charge is -2.24. The predicted octanol–water partition coefficient (Wildman–Crippen LogP) is 3.58. The molecule has 0 unspecified atom stereocenters. The summed E-state index contributed by atoms with van der Waals surface area (Å²) in [6, 6.07) is 6.82. The second-order valence-electron chi connectivity index (χ2n) is 5.88. The smallest absolute Gasteiger partial charge is 0.178 e. The van der Waals surface area contributed by atoms with Crippen LogP contribution in [0.5, 0.6) is 5.75 Å². The topological polar surface area (TPSA) is 33.2 Å². The minimum absolute atomic E-state index is 0.754. The van der Waals surface area contributed by atoms with Gasteiger partial charge in [0.05, 0.1) is 18.1 Å². The second-order valence-corrected chi connectivity index (χ2v) is 6.27. The summed E-state index contributed by atoms with van der Waals surface area (Å²) in [5.41, 5.74) is 2.20. The van der Waals surface area contributed by atoms with Gasteiger partial charge in [-0.1, -0.05) is 12.8 Å². The Bertz CT molecular complexity index is 670. The first kappa shape index (κ1) is 14.6. The van der Waals surface area contributed by atoms with Gasteiger partial charge >= 0.3 is 0 Å². The summed E-state index contributed by atoms with van der Waals surface area (Å²) in [7, 11) is 3.92. The fraction of sp³-hybridized carbons (Fsp3) is 0.562. The molecule has 1 aliphatic rings. The van der Waals surface area contributed by atoms with Crippen LogP contribution in [0.3, 0.4) is 0 Å². The zero-order valence-electron chi connectivity index (χ0n) is 12.8. The molecular formula is C16H23N3OS. The standard InChI is InChI=1S/C16H23N3OS/c1-18(12-5-3-4-6-12)9-10-19-15-8-7-13(20-2)11-14(15)17-16(19)21/h7-8,11-12H,3-6,9-10H2,1-2H3,(H,17,21). The number of nitrogens with zero attached hydrogens (tertiary/aromatic N) is 2. The number of rotatable bonds is 5. The van der Waals surface area contributed by atoms with Crippen molar-refractivity contribution in [1.82, 2.24) is 14.5 Å². The molecule has 1 heterocycles. The van der Waals surface area contributed by atoms with Gasteiger partial charge in [-0.2, -0.15) is 0 Å². The molecule has 1 fully saturated rings. The van der Waals surface area contributed by atoms with Crippen molar-refractivity contribution in [2.24, 2.45) is 0 Å². The van der Waals surface area contributed by atoms with Gasteiger partial charge in [-0.25, -0.2) is 0 Å². The van der Waals surface area contributed by atoms with Crippen LogP contribution in [-0.4, -0.2) is 41.2 Å². The van der Waals surface area contributed by atoms with E-state index in [-0.39, 0.29) is 0 Å². The molecule has 4 nitrogen and oxygen atoms in total. The van der Waals surface area contributed by atoms with Crippen molar-refractivity contribution in [2.45, 2.75) is 38.3 Å². The highest BCUT2D eigenvalue weighted by atomic mass is 32.1.